The van der Waals surface area contributed by atoms with Crippen LogP contribution in [-0.4, -0.2) is 22.1 Å². The number of nitrogens with zero attached hydrogens (tertiary/aromatic N) is 2. The number of halogens is 4. The largest absolute Gasteiger partial charge is 0.411 e. The molecule has 0 saturated carbocycles. The number of alkyl halides is 3. The molecule has 0 aliphatic heterocycles. The van der Waals surface area contributed by atoms with Crippen LogP contribution in [0.1, 0.15) is 0 Å². The van der Waals surface area contributed by atoms with Crippen LogP contribution in [0.3, 0.4) is 0 Å². The topological polar surface area (TPSA) is 38.9 Å². The molecule has 2 rings (SSSR count). The molecular formula is C10H6ClF3N2OS. The van der Waals surface area contributed by atoms with Gasteiger partial charge in [-0.25, -0.2) is 0 Å². The zero-order valence-electron chi connectivity index (χ0n) is 8.74. The standard InChI is InChI=1S/C10H6ClF3N2OS/c11-7-3-1-6(2-4-7)8-15-16-9(17-8)18-5-10(12,13)14/h1-4H,5H2. The molecule has 8 heteroatoms. The maximum absolute atomic E-state index is 12.0. The molecule has 0 aliphatic carbocycles. The molecule has 3 nitrogen and oxygen atoms in total. The first kappa shape index (κ1) is 13.2. The van der Waals surface area contributed by atoms with E-state index in [0.29, 0.717) is 22.3 Å². The molecule has 1 aromatic carbocycles. The van der Waals surface area contributed by atoms with Gasteiger partial charge in [-0.15, -0.1) is 10.2 Å². The van der Waals surface area contributed by atoms with E-state index >= 15 is 0 Å². The van der Waals surface area contributed by atoms with E-state index in [1.54, 1.807) is 24.3 Å². The van der Waals surface area contributed by atoms with Crippen LogP contribution < -0.4 is 0 Å². The maximum Gasteiger partial charge on any atom is 0.398 e. The van der Waals surface area contributed by atoms with Crippen molar-refractivity contribution < 1.29 is 17.6 Å². The summed E-state index contributed by atoms with van der Waals surface area (Å²) in [6.45, 7) is 0. The highest BCUT2D eigenvalue weighted by Crippen LogP contribution is 2.28. The van der Waals surface area contributed by atoms with Gasteiger partial charge in [-0.3, -0.25) is 0 Å². The maximum atomic E-state index is 12.0. The van der Waals surface area contributed by atoms with E-state index in [1.807, 2.05) is 0 Å². The summed E-state index contributed by atoms with van der Waals surface area (Å²) in [5.41, 5.74) is 0.603. The summed E-state index contributed by atoms with van der Waals surface area (Å²) in [5.74, 6) is -0.897. The Bertz CT molecular complexity index is 527. The predicted molar refractivity (Wildman–Crippen MR) is 61.5 cm³/mol. The smallest absolute Gasteiger partial charge is 0.398 e. The van der Waals surface area contributed by atoms with Crippen molar-refractivity contribution in [2.45, 2.75) is 11.4 Å². The molecule has 0 saturated heterocycles. The van der Waals surface area contributed by atoms with E-state index in [1.165, 1.54) is 0 Å². The van der Waals surface area contributed by atoms with Crippen LogP contribution in [0.2, 0.25) is 5.02 Å². The highest BCUT2D eigenvalue weighted by molar-refractivity contribution is 7.99. The van der Waals surface area contributed by atoms with Gasteiger partial charge < -0.3 is 4.42 Å². The lowest BCUT2D eigenvalue weighted by Crippen LogP contribution is -2.10. The summed E-state index contributed by atoms with van der Waals surface area (Å²) in [6, 6.07) is 6.55. The average molecular weight is 295 g/mol. The molecular weight excluding hydrogens is 289 g/mol. The first-order valence-electron chi connectivity index (χ1n) is 4.73. The van der Waals surface area contributed by atoms with Gasteiger partial charge >= 0.3 is 6.18 Å². The van der Waals surface area contributed by atoms with Crippen molar-refractivity contribution in [3.63, 3.8) is 0 Å². The van der Waals surface area contributed by atoms with Crippen molar-refractivity contribution in [2.75, 3.05) is 5.75 Å². The molecule has 0 atom stereocenters. The quantitative estimate of drug-likeness (QED) is 0.801. The van der Waals surface area contributed by atoms with Crippen LogP contribution >= 0.6 is 23.4 Å². The molecule has 0 bridgehead atoms. The van der Waals surface area contributed by atoms with E-state index in [4.69, 9.17) is 16.0 Å². The highest BCUT2D eigenvalue weighted by atomic mass is 35.5. The molecule has 0 unspecified atom stereocenters. The summed E-state index contributed by atoms with van der Waals surface area (Å²) in [6.07, 6.45) is -4.26. The van der Waals surface area contributed by atoms with Gasteiger partial charge in [0.25, 0.3) is 5.22 Å². The minimum atomic E-state index is -4.26. The Labute approximate surface area is 109 Å². The summed E-state index contributed by atoms with van der Waals surface area (Å²) in [7, 11) is 0. The minimum Gasteiger partial charge on any atom is -0.411 e. The zero-order chi connectivity index (χ0) is 13.2. The number of benzene rings is 1. The van der Waals surface area contributed by atoms with E-state index in [0.717, 1.165) is 0 Å². The van der Waals surface area contributed by atoms with Gasteiger partial charge in [0.1, 0.15) is 0 Å². The van der Waals surface area contributed by atoms with Crippen molar-refractivity contribution in [1.29, 1.82) is 0 Å². The molecule has 96 valence electrons. The second-order valence-electron chi connectivity index (χ2n) is 3.28. The second kappa shape index (κ2) is 5.19. The van der Waals surface area contributed by atoms with E-state index in [-0.39, 0.29) is 11.1 Å². The number of rotatable bonds is 3. The van der Waals surface area contributed by atoms with Gasteiger partial charge in [0.05, 0.1) is 5.75 Å². The Balaban J connectivity index is 2.08. The van der Waals surface area contributed by atoms with Gasteiger partial charge in [-0.2, -0.15) is 13.2 Å². The lowest BCUT2D eigenvalue weighted by molar-refractivity contribution is -0.105. The lowest BCUT2D eigenvalue weighted by atomic mass is 10.2. The molecule has 0 spiro atoms. The second-order valence-corrected chi connectivity index (χ2v) is 4.65. The van der Waals surface area contributed by atoms with Crippen LogP contribution in [0.25, 0.3) is 11.5 Å². The average Bonchev–Trinajstić information content (AvgIpc) is 2.75. The molecule has 0 amide bonds. The van der Waals surface area contributed by atoms with Gasteiger partial charge in [0, 0.05) is 10.6 Å². The highest BCUT2D eigenvalue weighted by Gasteiger charge is 2.28. The molecule has 18 heavy (non-hydrogen) atoms. The molecule has 1 heterocycles. The zero-order valence-corrected chi connectivity index (χ0v) is 10.3. The Hall–Kier alpha value is -1.21. The fraction of sp³-hybridized carbons (Fsp3) is 0.200. The summed E-state index contributed by atoms with van der Waals surface area (Å²) in [5, 5.41) is 7.63. The Morgan fingerprint density at radius 1 is 1.17 bits per heavy atom. The fourth-order valence-electron chi connectivity index (χ4n) is 1.12. The Morgan fingerprint density at radius 3 is 2.44 bits per heavy atom. The Morgan fingerprint density at radius 2 is 1.83 bits per heavy atom. The minimum absolute atomic E-state index is 0.114. The normalized spacial score (nSPS) is 11.8. The lowest BCUT2D eigenvalue weighted by Gasteiger charge is -2.01. The summed E-state index contributed by atoms with van der Waals surface area (Å²) in [4.78, 5) is 0. The monoisotopic (exact) mass is 294 g/mol. The van der Waals surface area contributed by atoms with Crippen LogP contribution in [-0.2, 0) is 0 Å². The number of aromatic nitrogens is 2. The third kappa shape index (κ3) is 3.64. The van der Waals surface area contributed by atoms with E-state index in [2.05, 4.69) is 10.2 Å². The van der Waals surface area contributed by atoms with Crippen LogP contribution in [0.4, 0.5) is 13.2 Å². The predicted octanol–water partition coefficient (Wildman–Crippen LogP) is 4.04. The fourth-order valence-corrected chi connectivity index (χ4v) is 1.77. The summed E-state index contributed by atoms with van der Waals surface area (Å²) >= 11 is 6.16. The molecule has 0 radical (unpaired) electrons. The van der Waals surface area contributed by atoms with E-state index in [9.17, 15) is 13.2 Å². The van der Waals surface area contributed by atoms with Crippen molar-refractivity contribution in [3.05, 3.63) is 29.3 Å². The molecule has 0 aliphatic rings. The molecule has 0 N–H and O–H groups in total. The first-order chi connectivity index (χ1) is 8.44. The van der Waals surface area contributed by atoms with Gasteiger partial charge in [0.2, 0.25) is 5.89 Å². The first-order valence-corrected chi connectivity index (χ1v) is 6.09. The van der Waals surface area contributed by atoms with Crippen molar-refractivity contribution in [1.82, 2.24) is 10.2 Å². The molecule has 0 fully saturated rings. The van der Waals surface area contributed by atoms with Crippen LogP contribution in [0, 0.1) is 0 Å². The summed E-state index contributed by atoms with van der Waals surface area (Å²) < 4.78 is 41.1. The van der Waals surface area contributed by atoms with Gasteiger partial charge in [-0.1, -0.05) is 23.4 Å². The molecule has 2 aromatic rings. The number of hydrogen-bond acceptors (Lipinski definition) is 4. The Kier molecular flexibility index (Phi) is 3.82. The number of hydrogen-bond donors (Lipinski definition) is 0. The van der Waals surface area contributed by atoms with Crippen LogP contribution in [0.15, 0.2) is 33.9 Å². The van der Waals surface area contributed by atoms with Crippen molar-refractivity contribution >= 4 is 23.4 Å². The van der Waals surface area contributed by atoms with Crippen LogP contribution in [0.5, 0.6) is 0 Å². The van der Waals surface area contributed by atoms with Gasteiger partial charge in [-0.05, 0) is 24.3 Å². The van der Waals surface area contributed by atoms with Gasteiger partial charge in [0.15, 0.2) is 0 Å². The van der Waals surface area contributed by atoms with Crippen molar-refractivity contribution in [2.24, 2.45) is 0 Å². The van der Waals surface area contributed by atoms with E-state index < -0.39 is 11.9 Å². The number of thioether (sulfide) groups is 1. The third-order valence-electron chi connectivity index (χ3n) is 1.86. The molecule has 1 aromatic heterocycles. The SMILES string of the molecule is FC(F)(F)CSc1nnc(-c2ccc(Cl)cc2)o1. The van der Waals surface area contributed by atoms with Crippen molar-refractivity contribution in [3.8, 4) is 11.5 Å². The third-order valence-corrected chi connectivity index (χ3v) is 2.99.